The van der Waals surface area contributed by atoms with E-state index in [4.69, 9.17) is 4.74 Å². The molecule has 0 aromatic heterocycles. The quantitative estimate of drug-likeness (QED) is 0.487. The number of sulfonamides is 1. The van der Waals surface area contributed by atoms with Crippen LogP contribution in [0.4, 0.5) is 0 Å². The molecule has 0 atom stereocenters. The molecule has 1 N–H and O–H groups in total. The maximum atomic E-state index is 12.9. The summed E-state index contributed by atoms with van der Waals surface area (Å²) in [7, 11) is -3.49. The van der Waals surface area contributed by atoms with Gasteiger partial charge in [0.05, 0.1) is 17.9 Å². The minimum absolute atomic E-state index is 0.151. The predicted octanol–water partition coefficient (Wildman–Crippen LogP) is 4.61. The maximum absolute atomic E-state index is 12.9. The molecule has 34 heavy (non-hydrogen) atoms. The first-order valence-corrected chi connectivity index (χ1v) is 13.1. The van der Waals surface area contributed by atoms with Gasteiger partial charge in [-0.05, 0) is 42.2 Å². The molecule has 3 aromatic rings. The molecule has 0 aliphatic carbocycles. The average Bonchev–Trinajstić information content (AvgIpc) is 2.89. The van der Waals surface area contributed by atoms with Crippen molar-refractivity contribution in [1.82, 2.24) is 9.62 Å². The molecule has 1 amide bonds. The molecule has 1 aliphatic heterocycles. The Morgan fingerprint density at radius 1 is 0.882 bits per heavy atom. The van der Waals surface area contributed by atoms with E-state index < -0.39 is 10.0 Å². The Morgan fingerprint density at radius 2 is 1.62 bits per heavy atom. The molecule has 0 spiro atoms. The van der Waals surface area contributed by atoms with Crippen molar-refractivity contribution in [2.24, 2.45) is 0 Å². The van der Waals surface area contributed by atoms with Gasteiger partial charge in [-0.3, -0.25) is 4.79 Å². The van der Waals surface area contributed by atoms with Crippen LogP contribution in [0.5, 0.6) is 5.75 Å². The highest BCUT2D eigenvalue weighted by atomic mass is 32.2. The summed E-state index contributed by atoms with van der Waals surface area (Å²) in [4.78, 5) is 12.7. The number of hydrogen-bond donors (Lipinski definition) is 1. The van der Waals surface area contributed by atoms with E-state index in [0.717, 1.165) is 41.7 Å². The minimum atomic E-state index is -3.49. The zero-order chi connectivity index (χ0) is 23.8. The molecule has 7 heteroatoms. The Bertz CT molecular complexity index is 1210. The largest absolute Gasteiger partial charge is 0.492 e. The van der Waals surface area contributed by atoms with E-state index in [2.05, 4.69) is 5.32 Å². The van der Waals surface area contributed by atoms with Gasteiger partial charge in [0.2, 0.25) is 15.9 Å². The summed E-state index contributed by atoms with van der Waals surface area (Å²) in [6.07, 6.45) is 3.06. The Morgan fingerprint density at radius 3 is 2.41 bits per heavy atom. The monoisotopic (exact) mass is 478 g/mol. The fourth-order valence-electron chi connectivity index (χ4n) is 4.06. The van der Waals surface area contributed by atoms with E-state index in [1.807, 2.05) is 60.7 Å². The molecular formula is C27H30N2O4S. The molecule has 3 aromatic carbocycles. The standard InChI is InChI=1S/C27H30N2O4S/c30-27(16-19-33-26-15-6-5-14-25(26)23-11-3-1-4-12-23)28-21-22-10-9-13-24(20-22)34(31,32)29-17-7-2-8-18-29/h1,3-6,9-15,20H,2,7-8,16-19,21H2,(H,28,30). The van der Waals surface area contributed by atoms with Gasteiger partial charge in [-0.25, -0.2) is 8.42 Å². The first kappa shape index (κ1) is 24.0. The molecule has 0 saturated carbocycles. The molecule has 6 nitrogen and oxygen atoms in total. The second-order valence-corrected chi connectivity index (χ2v) is 10.3. The van der Waals surface area contributed by atoms with Crippen LogP contribution in [0.25, 0.3) is 11.1 Å². The third-order valence-corrected chi connectivity index (χ3v) is 7.79. The molecule has 178 valence electrons. The van der Waals surface area contributed by atoms with Gasteiger partial charge < -0.3 is 10.1 Å². The van der Waals surface area contributed by atoms with Gasteiger partial charge in [0.1, 0.15) is 5.75 Å². The number of ether oxygens (including phenoxy) is 1. The minimum Gasteiger partial charge on any atom is -0.492 e. The van der Waals surface area contributed by atoms with Gasteiger partial charge in [0.15, 0.2) is 0 Å². The Hall–Kier alpha value is -3.16. The molecule has 1 fully saturated rings. The van der Waals surface area contributed by atoms with Crippen molar-refractivity contribution in [3.05, 3.63) is 84.4 Å². The smallest absolute Gasteiger partial charge is 0.243 e. The fraction of sp³-hybridized carbons (Fsp3) is 0.296. The van der Waals surface area contributed by atoms with Gasteiger partial charge in [0.25, 0.3) is 0 Å². The van der Waals surface area contributed by atoms with Gasteiger partial charge in [-0.2, -0.15) is 4.31 Å². The molecular weight excluding hydrogens is 448 g/mol. The van der Waals surface area contributed by atoms with Gasteiger partial charge in [0, 0.05) is 25.2 Å². The van der Waals surface area contributed by atoms with Crippen LogP contribution in [0, 0.1) is 0 Å². The van der Waals surface area contributed by atoms with E-state index in [9.17, 15) is 13.2 Å². The number of rotatable bonds is 9. The summed E-state index contributed by atoms with van der Waals surface area (Å²) in [6, 6.07) is 24.5. The normalized spacial score (nSPS) is 14.5. The lowest BCUT2D eigenvalue weighted by Crippen LogP contribution is -2.35. The van der Waals surface area contributed by atoms with E-state index in [-0.39, 0.29) is 30.4 Å². The Labute approximate surface area is 201 Å². The third kappa shape index (κ3) is 6.04. The first-order valence-electron chi connectivity index (χ1n) is 11.7. The van der Waals surface area contributed by atoms with Crippen LogP contribution in [0.3, 0.4) is 0 Å². The number of amides is 1. The fourth-order valence-corrected chi connectivity index (χ4v) is 5.65. The van der Waals surface area contributed by atoms with Crippen molar-refractivity contribution in [3.63, 3.8) is 0 Å². The van der Waals surface area contributed by atoms with Crippen molar-refractivity contribution < 1.29 is 17.9 Å². The number of nitrogens with one attached hydrogen (secondary N) is 1. The molecule has 0 bridgehead atoms. The lowest BCUT2D eigenvalue weighted by molar-refractivity contribution is -0.121. The molecule has 1 heterocycles. The van der Waals surface area contributed by atoms with Crippen molar-refractivity contribution in [3.8, 4) is 16.9 Å². The van der Waals surface area contributed by atoms with Crippen LogP contribution in [0.1, 0.15) is 31.2 Å². The van der Waals surface area contributed by atoms with Crippen molar-refractivity contribution >= 4 is 15.9 Å². The number of piperidine rings is 1. The number of nitrogens with zero attached hydrogens (tertiary/aromatic N) is 1. The lowest BCUT2D eigenvalue weighted by atomic mass is 10.1. The highest BCUT2D eigenvalue weighted by Gasteiger charge is 2.25. The third-order valence-electron chi connectivity index (χ3n) is 5.90. The van der Waals surface area contributed by atoms with Gasteiger partial charge in [-0.1, -0.05) is 67.1 Å². The number of hydrogen-bond acceptors (Lipinski definition) is 4. The summed E-state index contributed by atoms with van der Waals surface area (Å²) < 4.78 is 33.3. The van der Waals surface area contributed by atoms with Crippen LogP contribution in [-0.2, 0) is 21.4 Å². The van der Waals surface area contributed by atoms with Gasteiger partial charge in [-0.15, -0.1) is 0 Å². The number of carbonyl (C=O) groups is 1. The van der Waals surface area contributed by atoms with Crippen LogP contribution in [0.15, 0.2) is 83.8 Å². The van der Waals surface area contributed by atoms with Crippen LogP contribution in [0.2, 0.25) is 0 Å². The first-order chi connectivity index (χ1) is 16.5. The van der Waals surface area contributed by atoms with E-state index >= 15 is 0 Å². The molecule has 4 rings (SSSR count). The van der Waals surface area contributed by atoms with Crippen LogP contribution in [-0.4, -0.2) is 38.3 Å². The van der Waals surface area contributed by atoms with Gasteiger partial charge >= 0.3 is 0 Å². The number of para-hydroxylation sites is 1. The Balaban J connectivity index is 1.30. The van der Waals surface area contributed by atoms with Crippen molar-refractivity contribution in [2.75, 3.05) is 19.7 Å². The molecule has 1 aliphatic rings. The number of carbonyl (C=O) groups excluding carboxylic acids is 1. The highest BCUT2D eigenvalue weighted by Crippen LogP contribution is 2.29. The summed E-state index contributed by atoms with van der Waals surface area (Å²) >= 11 is 0. The SMILES string of the molecule is O=C(CCOc1ccccc1-c1ccccc1)NCc1cccc(S(=O)(=O)N2CCCCC2)c1. The Kier molecular flexibility index (Phi) is 7.98. The van der Waals surface area contributed by atoms with E-state index in [1.165, 1.54) is 0 Å². The summed E-state index contributed by atoms with van der Waals surface area (Å²) in [5.74, 6) is 0.582. The summed E-state index contributed by atoms with van der Waals surface area (Å²) in [6.45, 7) is 1.65. The topological polar surface area (TPSA) is 75.7 Å². The zero-order valence-corrected chi connectivity index (χ0v) is 20.0. The highest BCUT2D eigenvalue weighted by molar-refractivity contribution is 7.89. The van der Waals surface area contributed by atoms with Crippen LogP contribution < -0.4 is 10.1 Å². The second-order valence-electron chi connectivity index (χ2n) is 8.35. The molecule has 1 saturated heterocycles. The maximum Gasteiger partial charge on any atom is 0.243 e. The zero-order valence-electron chi connectivity index (χ0n) is 19.2. The average molecular weight is 479 g/mol. The summed E-state index contributed by atoms with van der Waals surface area (Å²) in [5, 5.41) is 2.86. The summed E-state index contributed by atoms with van der Waals surface area (Å²) in [5.41, 5.74) is 2.79. The molecule has 0 radical (unpaired) electrons. The van der Waals surface area contributed by atoms with Crippen molar-refractivity contribution in [1.29, 1.82) is 0 Å². The second kappa shape index (κ2) is 11.3. The predicted molar refractivity (Wildman–Crippen MR) is 133 cm³/mol. The lowest BCUT2D eigenvalue weighted by Gasteiger charge is -2.26. The number of benzene rings is 3. The van der Waals surface area contributed by atoms with E-state index in [1.54, 1.807) is 22.5 Å². The van der Waals surface area contributed by atoms with Crippen LogP contribution >= 0.6 is 0 Å². The van der Waals surface area contributed by atoms with E-state index in [0.29, 0.717) is 13.1 Å². The molecule has 0 unspecified atom stereocenters. The van der Waals surface area contributed by atoms with Crippen molar-refractivity contribution in [2.45, 2.75) is 37.1 Å².